The van der Waals surface area contributed by atoms with E-state index in [9.17, 15) is 0 Å². The van der Waals surface area contributed by atoms with Crippen molar-refractivity contribution in [1.29, 1.82) is 0 Å². The van der Waals surface area contributed by atoms with Gasteiger partial charge in [0.25, 0.3) is 0 Å². The minimum Gasteiger partial charge on any atom is -0.318 e. The standard InChI is InChI=1S/C15H22N2S.C3H6.C2H6/c1-4-14(12-18-3)15-7-5-13(6-8-15)11-17-10-9-16-2;1-3-2;1-2/h4-8,12,16-17H,1,9-11H2,2-3H3;3H,1H2,2H3;1-2H3/b14-12+;;. The molecule has 130 valence electrons. The van der Waals surface area contributed by atoms with E-state index in [1.165, 1.54) is 16.7 Å². The van der Waals surface area contributed by atoms with Gasteiger partial charge in [-0.05, 0) is 42.3 Å². The second kappa shape index (κ2) is 18.8. The summed E-state index contributed by atoms with van der Waals surface area (Å²) in [5.41, 5.74) is 3.71. The highest BCUT2D eigenvalue weighted by molar-refractivity contribution is 8.01. The normalized spacial score (nSPS) is 9.87. The minimum absolute atomic E-state index is 0.914. The average molecular weight is 335 g/mol. The highest BCUT2D eigenvalue weighted by Gasteiger charge is 1.98. The molecule has 0 aliphatic carbocycles. The van der Waals surface area contributed by atoms with Crippen LogP contribution in [-0.2, 0) is 6.54 Å². The molecule has 0 saturated carbocycles. The van der Waals surface area contributed by atoms with E-state index < -0.39 is 0 Å². The van der Waals surface area contributed by atoms with Crippen molar-refractivity contribution in [2.24, 2.45) is 0 Å². The summed E-state index contributed by atoms with van der Waals surface area (Å²) in [5.74, 6) is 0. The van der Waals surface area contributed by atoms with E-state index in [1.807, 2.05) is 33.9 Å². The Labute approximate surface area is 148 Å². The Hall–Kier alpha value is -1.29. The molecule has 0 amide bonds. The van der Waals surface area contributed by atoms with Gasteiger partial charge in [0, 0.05) is 19.6 Å². The lowest BCUT2D eigenvalue weighted by molar-refractivity contribution is 0.651. The predicted molar refractivity (Wildman–Crippen MR) is 111 cm³/mol. The van der Waals surface area contributed by atoms with Crippen LogP contribution in [0, 0.1) is 0 Å². The lowest BCUT2D eigenvalue weighted by Gasteiger charge is -2.06. The van der Waals surface area contributed by atoms with Crippen LogP contribution in [0.25, 0.3) is 5.57 Å². The van der Waals surface area contributed by atoms with E-state index in [-0.39, 0.29) is 0 Å². The molecule has 2 N–H and O–H groups in total. The Kier molecular flexibility index (Phi) is 19.5. The van der Waals surface area contributed by atoms with Gasteiger partial charge >= 0.3 is 0 Å². The van der Waals surface area contributed by atoms with Crippen LogP contribution in [-0.4, -0.2) is 26.4 Å². The van der Waals surface area contributed by atoms with E-state index in [0.29, 0.717) is 0 Å². The Morgan fingerprint density at radius 2 is 1.70 bits per heavy atom. The SMILES string of the molecule is C=C/C(=C\SC)c1ccc(CNCCNC)cc1.C=CC.CC. The third-order valence-corrected chi connectivity index (χ3v) is 3.12. The average Bonchev–Trinajstić information content (AvgIpc) is 2.60. The van der Waals surface area contributed by atoms with Crippen molar-refractivity contribution < 1.29 is 0 Å². The van der Waals surface area contributed by atoms with Crippen LogP contribution in [0.3, 0.4) is 0 Å². The first-order valence-corrected chi connectivity index (χ1v) is 9.39. The molecule has 0 aromatic heterocycles. The number of thioether (sulfide) groups is 1. The molecule has 0 atom stereocenters. The molecule has 0 saturated heterocycles. The lowest BCUT2D eigenvalue weighted by Crippen LogP contribution is -2.24. The highest BCUT2D eigenvalue weighted by Crippen LogP contribution is 2.19. The summed E-state index contributed by atoms with van der Waals surface area (Å²) in [6.07, 6.45) is 5.71. The zero-order chi connectivity index (χ0) is 17.9. The summed E-state index contributed by atoms with van der Waals surface area (Å²) in [5, 5.41) is 8.62. The Balaban J connectivity index is 0. The first-order valence-electron chi connectivity index (χ1n) is 8.10. The third kappa shape index (κ3) is 12.9. The Bertz CT molecular complexity index is 422. The van der Waals surface area contributed by atoms with Gasteiger partial charge in [-0.1, -0.05) is 56.8 Å². The zero-order valence-corrected chi connectivity index (χ0v) is 16.3. The largest absolute Gasteiger partial charge is 0.318 e. The van der Waals surface area contributed by atoms with Crippen molar-refractivity contribution >= 4 is 17.3 Å². The number of benzene rings is 1. The summed E-state index contributed by atoms with van der Waals surface area (Å²) in [6, 6.07) is 8.64. The number of rotatable bonds is 8. The van der Waals surface area contributed by atoms with Gasteiger partial charge in [-0.15, -0.1) is 18.3 Å². The maximum absolute atomic E-state index is 3.85. The van der Waals surface area contributed by atoms with E-state index in [0.717, 1.165) is 19.6 Å². The first-order chi connectivity index (χ1) is 11.2. The van der Waals surface area contributed by atoms with Crippen molar-refractivity contribution in [3.05, 3.63) is 66.1 Å². The second-order valence-electron chi connectivity index (χ2n) is 4.40. The number of nitrogens with one attached hydrogen (secondary N) is 2. The van der Waals surface area contributed by atoms with Gasteiger partial charge < -0.3 is 10.6 Å². The maximum atomic E-state index is 3.85. The molecular weight excluding hydrogens is 300 g/mol. The van der Waals surface area contributed by atoms with Crippen LogP contribution in [0.15, 0.2) is 55.0 Å². The van der Waals surface area contributed by atoms with Crippen LogP contribution < -0.4 is 10.6 Å². The summed E-state index contributed by atoms with van der Waals surface area (Å²) in [4.78, 5) is 0. The summed E-state index contributed by atoms with van der Waals surface area (Å²) >= 11 is 1.70. The topological polar surface area (TPSA) is 24.1 Å². The molecule has 0 heterocycles. The van der Waals surface area contributed by atoms with Gasteiger partial charge in [-0.2, -0.15) is 0 Å². The third-order valence-electron chi connectivity index (χ3n) is 2.63. The molecule has 2 nitrogen and oxygen atoms in total. The van der Waals surface area contributed by atoms with Crippen molar-refractivity contribution in [3.8, 4) is 0 Å². The van der Waals surface area contributed by atoms with E-state index >= 15 is 0 Å². The molecular formula is C20H34N2S. The van der Waals surface area contributed by atoms with Gasteiger partial charge in [0.1, 0.15) is 0 Å². The van der Waals surface area contributed by atoms with E-state index in [2.05, 4.69) is 59.7 Å². The van der Waals surface area contributed by atoms with Gasteiger partial charge in [0.2, 0.25) is 0 Å². The van der Waals surface area contributed by atoms with Crippen molar-refractivity contribution in [2.45, 2.75) is 27.3 Å². The first kappa shape index (κ1) is 24.0. The molecule has 1 aromatic carbocycles. The molecule has 0 unspecified atom stereocenters. The minimum atomic E-state index is 0.914. The molecule has 0 aliphatic rings. The quantitative estimate of drug-likeness (QED) is 0.393. The molecule has 0 spiro atoms. The smallest absolute Gasteiger partial charge is 0.0206 e. The molecule has 1 aromatic rings. The van der Waals surface area contributed by atoms with Gasteiger partial charge in [-0.3, -0.25) is 0 Å². The summed E-state index contributed by atoms with van der Waals surface area (Å²) < 4.78 is 0. The molecule has 0 fully saturated rings. The second-order valence-corrected chi connectivity index (χ2v) is 5.11. The van der Waals surface area contributed by atoms with E-state index in [4.69, 9.17) is 0 Å². The van der Waals surface area contributed by atoms with Crippen LogP contribution in [0.1, 0.15) is 31.9 Å². The van der Waals surface area contributed by atoms with Gasteiger partial charge in [0.15, 0.2) is 0 Å². The van der Waals surface area contributed by atoms with Crippen LogP contribution in [0.5, 0.6) is 0 Å². The molecule has 0 aliphatic heterocycles. The van der Waals surface area contributed by atoms with Crippen molar-refractivity contribution in [3.63, 3.8) is 0 Å². The molecule has 0 bridgehead atoms. The summed E-state index contributed by atoms with van der Waals surface area (Å²) in [6.45, 7) is 16.0. The molecule has 0 radical (unpaired) electrons. The number of allylic oxidation sites excluding steroid dienone is 3. The fraction of sp³-hybridized carbons (Fsp3) is 0.400. The molecule has 23 heavy (non-hydrogen) atoms. The fourth-order valence-corrected chi connectivity index (χ4v) is 2.11. The van der Waals surface area contributed by atoms with Crippen LogP contribution >= 0.6 is 11.8 Å². The zero-order valence-electron chi connectivity index (χ0n) is 15.5. The lowest BCUT2D eigenvalue weighted by atomic mass is 10.1. The van der Waals surface area contributed by atoms with Gasteiger partial charge in [-0.25, -0.2) is 0 Å². The van der Waals surface area contributed by atoms with E-state index in [1.54, 1.807) is 17.8 Å². The maximum Gasteiger partial charge on any atom is 0.0206 e. The van der Waals surface area contributed by atoms with Crippen molar-refractivity contribution in [1.82, 2.24) is 10.6 Å². The number of hydrogen-bond donors (Lipinski definition) is 2. The van der Waals surface area contributed by atoms with Crippen LogP contribution in [0.2, 0.25) is 0 Å². The van der Waals surface area contributed by atoms with Crippen LogP contribution in [0.4, 0.5) is 0 Å². The number of likely N-dealkylation sites (N-methyl/N-ethyl adjacent to an activating group) is 1. The Morgan fingerprint density at radius 1 is 1.13 bits per heavy atom. The molecule has 3 heteroatoms. The van der Waals surface area contributed by atoms with Gasteiger partial charge in [0.05, 0.1) is 0 Å². The highest BCUT2D eigenvalue weighted by atomic mass is 32.2. The van der Waals surface area contributed by atoms with Crippen molar-refractivity contribution in [2.75, 3.05) is 26.4 Å². The molecule has 1 rings (SSSR count). The summed E-state index contributed by atoms with van der Waals surface area (Å²) in [7, 11) is 1.96. The Morgan fingerprint density at radius 3 is 2.13 bits per heavy atom. The fourth-order valence-electron chi connectivity index (χ4n) is 1.62. The predicted octanol–water partition coefficient (Wildman–Crippen LogP) is 5.10. The monoisotopic (exact) mass is 334 g/mol. The number of hydrogen-bond acceptors (Lipinski definition) is 3.